The second-order valence-electron chi connectivity index (χ2n) is 8.30. The van der Waals surface area contributed by atoms with Crippen LogP contribution in [0.25, 0.3) is 0 Å². The number of imide groups is 1. The molecule has 8 heteroatoms. The summed E-state index contributed by atoms with van der Waals surface area (Å²) < 4.78 is 14.5. The van der Waals surface area contributed by atoms with Crippen molar-refractivity contribution in [3.8, 4) is 0 Å². The Morgan fingerprint density at radius 2 is 1.83 bits per heavy atom. The molecule has 3 N–H and O–H groups in total. The molecule has 7 nitrogen and oxygen atoms in total. The molecule has 3 fully saturated rings. The van der Waals surface area contributed by atoms with E-state index in [0.717, 1.165) is 51.7 Å². The van der Waals surface area contributed by atoms with Gasteiger partial charge in [0.05, 0.1) is 5.69 Å². The van der Waals surface area contributed by atoms with Gasteiger partial charge in [0.15, 0.2) is 0 Å². The summed E-state index contributed by atoms with van der Waals surface area (Å²) in [6, 6.07) is 4.41. The summed E-state index contributed by atoms with van der Waals surface area (Å²) in [6.45, 7) is 6.83. The third-order valence-electron chi connectivity index (χ3n) is 6.21. The SMILES string of the molecule is O=C1CC[C@H](Nc2ccc(F)c(N3CCN(CC4CCNCC4)CC3)c2)C(=O)N1. The molecule has 3 saturated heterocycles. The number of nitrogens with one attached hydrogen (secondary N) is 3. The van der Waals surface area contributed by atoms with E-state index in [1.807, 2.05) is 0 Å². The molecule has 1 atom stereocenters. The van der Waals surface area contributed by atoms with Gasteiger partial charge in [0.25, 0.3) is 0 Å². The number of anilines is 2. The van der Waals surface area contributed by atoms with Crippen LogP contribution in [0.4, 0.5) is 15.8 Å². The predicted molar refractivity (Wildman–Crippen MR) is 110 cm³/mol. The van der Waals surface area contributed by atoms with E-state index in [2.05, 4.69) is 25.8 Å². The van der Waals surface area contributed by atoms with Crippen LogP contribution in [0.3, 0.4) is 0 Å². The fraction of sp³-hybridized carbons (Fsp3) is 0.619. The standard InChI is InChI=1S/C21H30FN5O2/c22-17-2-1-16(24-18-3-4-20(28)25-21(18)29)13-19(17)27-11-9-26(10-12-27)14-15-5-7-23-8-6-15/h1-2,13,15,18,23-24H,3-12,14H2,(H,25,28,29)/t18-/m0/s1. The van der Waals surface area contributed by atoms with Crippen LogP contribution in [0.2, 0.25) is 0 Å². The predicted octanol–water partition coefficient (Wildman–Crippen LogP) is 1.16. The number of halogens is 1. The Morgan fingerprint density at radius 3 is 2.55 bits per heavy atom. The highest BCUT2D eigenvalue weighted by molar-refractivity contribution is 6.01. The Hall–Kier alpha value is -2.19. The summed E-state index contributed by atoms with van der Waals surface area (Å²) in [5.41, 5.74) is 1.27. The minimum Gasteiger partial charge on any atom is -0.374 e. The molecular formula is C21H30FN5O2. The number of hydrogen-bond acceptors (Lipinski definition) is 6. The fourth-order valence-corrected chi connectivity index (χ4v) is 4.48. The van der Waals surface area contributed by atoms with Crippen LogP contribution in [-0.4, -0.2) is 68.6 Å². The van der Waals surface area contributed by atoms with Gasteiger partial charge in [0.1, 0.15) is 11.9 Å². The van der Waals surface area contributed by atoms with Gasteiger partial charge >= 0.3 is 0 Å². The number of piperidine rings is 2. The van der Waals surface area contributed by atoms with E-state index in [1.165, 1.54) is 18.9 Å². The largest absolute Gasteiger partial charge is 0.374 e. The summed E-state index contributed by atoms with van der Waals surface area (Å²) in [5, 5.41) is 8.90. The van der Waals surface area contributed by atoms with Gasteiger partial charge in [-0.2, -0.15) is 0 Å². The van der Waals surface area contributed by atoms with E-state index >= 15 is 0 Å². The maximum absolute atomic E-state index is 14.5. The zero-order chi connectivity index (χ0) is 20.2. The van der Waals surface area contributed by atoms with Crippen molar-refractivity contribution in [2.24, 2.45) is 5.92 Å². The average molecular weight is 404 g/mol. The minimum atomic E-state index is -0.465. The van der Waals surface area contributed by atoms with Crippen LogP contribution in [0.5, 0.6) is 0 Å². The van der Waals surface area contributed by atoms with Gasteiger partial charge < -0.3 is 15.5 Å². The van der Waals surface area contributed by atoms with Crippen molar-refractivity contribution in [1.82, 2.24) is 15.5 Å². The van der Waals surface area contributed by atoms with Crippen LogP contribution in [-0.2, 0) is 9.59 Å². The van der Waals surface area contributed by atoms with Gasteiger partial charge in [-0.05, 0) is 56.5 Å². The first kappa shape index (κ1) is 20.1. The highest BCUT2D eigenvalue weighted by atomic mass is 19.1. The lowest BCUT2D eigenvalue weighted by atomic mass is 9.97. The Labute approximate surface area is 171 Å². The Kier molecular flexibility index (Phi) is 6.30. The lowest BCUT2D eigenvalue weighted by Gasteiger charge is -2.38. The molecule has 0 aromatic heterocycles. The van der Waals surface area contributed by atoms with Crippen molar-refractivity contribution in [1.29, 1.82) is 0 Å². The summed E-state index contributed by atoms with van der Waals surface area (Å²) in [4.78, 5) is 27.9. The Bertz CT molecular complexity index is 745. The van der Waals surface area contributed by atoms with Gasteiger partial charge in [-0.3, -0.25) is 19.8 Å². The number of benzene rings is 1. The zero-order valence-corrected chi connectivity index (χ0v) is 16.8. The molecule has 3 aliphatic heterocycles. The number of hydrogen-bond donors (Lipinski definition) is 3. The van der Waals surface area contributed by atoms with Crippen molar-refractivity contribution < 1.29 is 14.0 Å². The molecule has 0 unspecified atom stereocenters. The molecule has 3 heterocycles. The zero-order valence-electron chi connectivity index (χ0n) is 16.8. The van der Waals surface area contributed by atoms with Crippen molar-refractivity contribution in [2.75, 3.05) is 56.0 Å². The molecule has 0 spiro atoms. The van der Waals surface area contributed by atoms with E-state index in [4.69, 9.17) is 0 Å². The number of carbonyl (C=O) groups excluding carboxylic acids is 2. The number of piperazine rings is 1. The van der Waals surface area contributed by atoms with Gasteiger partial charge in [-0.15, -0.1) is 0 Å². The molecule has 1 aromatic carbocycles. The molecule has 0 bridgehead atoms. The second kappa shape index (κ2) is 9.09. The minimum absolute atomic E-state index is 0.241. The first-order valence-corrected chi connectivity index (χ1v) is 10.7. The Morgan fingerprint density at radius 1 is 1.07 bits per heavy atom. The van der Waals surface area contributed by atoms with E-state index in [1.54, 1.807) is 12.1 Å². The second-order valence-corrected chi connectivity index (χ2v) is 8.30. The first-order chi connectivity index (χ1) is 14.1. The van der Waals surface area contributed by atoms with Crippen LogP contribution in [0.1, 0.15) is 25.7 Å². The quantitative estimate of drug-likeness (QED) is 0.641. The van der Waals surface area contributed by atoms with E-state index in [-0.39, 0.29) is 17.6 Å². The molecule has 2 amide bonds. The molecule has 3 aliphatic rings. The smallest absolute Gasteiger partial charge is 0.249 e. The molecule has 158 valence electrons. The summed E-state index contributed by atoms with van der Waals surface area (Å²) in [7, 11) is 0. The maximum Gasteiger partial charge on any atom is 0.249 e. The molecule has 29 heavy (non-hydrogen) atoms. The number of carbonyl (C=O) groups is 2. The van der Waals surface area contributed by atoms with E-state index < -0.39 is 6.04 Å². The highest BCUT2D eigenvalue weighted by Crippen LogP contribution is 2.26. The number of amides is 2. The molecular weight excluding hydrogens is 373 g/mol. The van der Waals surface area contributed by atoms with Crippen LogP contribution < -0.4 is 20.9 Å². The lowest BCUT2D eigenvalue weighted by molar-refractivity contribution is -0.133. The maximum atomic E-state index is 14.5. The topological polar surface area (TPSA) is 76.7 Å². The van der Waals surface area contributed by atoms with E-state index in [9.17, 15) is 14.0 Å². The molecule has 0 radical (unpaired) electrons. The number of rotatable bonds is 5. The van der Waals surface area contributed by atoms with Gasteiger partial charge in [0, 0.05) is 44.8 Å². The molecule has 4 rings (SSSR count). The van der Waals surface area contributed by atoms with Crippen LogP contribution in [0, 0.1) is 11.7 Å². The van der Waals surface area contributed by atoms with Crippen molar-refractivity contribution in [3.05, 3.63) is 24.0 Å². The normalized spacial score (nSPS) is 24.4. The third-order valence-corrected chi connectivity index (χ3v) is 6.21. The van der Waals surface area contributed by atoms with Crippen LogP contribution in [0.15, 0.2) is 18.2 Å². The fourth-order valence-electron chi connectivity index (χ4n) is 4.48. The van der Waals surface area contributed by atoms with Gasteiger partial charge in [0.2, 0.25) is 11.8 Å². The highest BCUT2D eigenvalue weighted by Gasteiger charge is 2.27. The van der Waals surface area contributed by atoms with Gasteiger partial charge in [-0.1, -0.05) is 0 Å². The van der Waals surface area contributed by atoms with Gasteiger partial charge in [-0.25, -0.2) is 4.39 Å². The monoisotopic (exact) mass is 403 g/mol. The number of nitrogens with zero attached hydrogens (tertiary/aromatic N) is 2. The summed E-state index contributed by atoms with van der Waals surface area (Å²) >= 11 is 0. The van der Waals surface area contributed by atoms with Crippen LogP contribution >= 0.6 is 0 Å². The third kappa shape index (κ3) is 5.05. The van der Waals surface area contributed by atoms with Crippen molar-refractivity contribution in [2.45, 2.75) is 31.7 Å². The molecule has 0 saturated carbocycles. The summed E-state index contributed by atoms with van der Waals surface area (Å²) in [6.07, 6.45) is 3.25. The first-order valence-electron chi connectivity index (χ1n) is 10.7. The lowest BCUT2D eigenvalue weighted by Crippen LogP contribution is -2.49. The van der Waals surface area contributed by atoms with Crippen molar-refractivity contribution in [3.63, 3.8) is 0 Å². The average Bonchev–Trinajstić information content (AvgIpc) is 2.73. The Balaban J connectivity index is 1.34. The van der Waals surface area contributed by atoms with Crippen molar-refractivity contribution >= 4 is 23.2 Å². The summed E-state index contributed by atoms with van der Waals surface area (Å²) in [5.74, 6) is -0.0416. The molecule has 1 aromatic rings. The van der Waals surface area contributed by atoms with E-state index in [0.29, 0.717) is 24.2 Å². The molecule has 0 aliphatic carbocycles.